The molecule has 1 aliphatic heterocycles. The van der Waals surface area contributed by atoms with Crippen molar-refractivity contribution in [2.45, 2.75) is 30.7 Å². The molecule has 0 radical (unpaired) electrons. The van der Waals surface area contributed by atoms with Gasteiger partial charge in [-0.1, -0.05) is 29.0 Å². The third-order valence-electron chi connectivity index (χ3n) is 3.72. The van der Waals surface area contributed by atoms with E-state index >= 15 is 0 Å². The van der Waals surface area contributed by atoms with Crippen molar-refractivity contribution in [1.29, 1.82) is 0 Å². The van der Waals surface area contributed by atoms with E-state index in [1.807, 2.05) is 6.92 Å². The Kier molecular flexibility index (Phi) is 4.42. The number of aromatic nitrogens is 2. The molecule has 1 fully saturated rings. The molecule has 1 atom stereocenters. The Morgan fingerprint density at radius 3 is 2.74 bits per heavy atom. The van der Waals surface area contributed by atoms with Gasteiger partial charge in [0.15, 0.2) is 0 Å². The van der Waals surface area contributed by atoms with Crippen LogP contribution in [0.2, 0.25) is 0 Å². The number of aryl methyl sites for hydroxylation is 1. The molecule has 1 aromatic heterocycles. The summed E-state index contributed by atoms with van der Waals surface area (Å²) in [6.45, 7) is 2.23. The number of carbonyl (C=O) groups is 1. The monoisotopic (exact) mass is 352 g/mol. The molecule has 3 rings (SSSR count). The molecule has 1 amide bonds. The Hall–Kier alpha value is -1.84. The summed E-state index contributed by atoms with van der Waals surface area (Å²) in [6.07, 6.45) is 1.15. The van der Waals surface area contributed by atoms with E-state index in [9.17, 15) is 13.2 Å². The molecule has 2 aromatic rings. The predicted octanol–water partition coefficient (Wildman–Crippen LogP) is 1.64. The van der Waals surface area contributed by atoms with Crippen LogP contribution < -0.4 is 5.32 Å². The Labute approximate surface area is 138 Å². The van der Waals surface area contributed by atoms with Gasteiger partial charge in [-0.15, -0.1) is 10.2 Å². The van der Waals surface area contributed by atoms with Crippen molar-refractivity contribution in [2.75, 3.05) is 11.9 Å². The highest BCUT2D eigenvalue weighted by Crippen LogP contribution is 2.27. The minimum atomic E-state index is -3.69. The highest BCUT2D eigenvalue weighted by Gasteiger charge is 2.39. The highest BCUT2D eigenvalue weighted by molar-refractivity contribution is 7.89. The fraction of sp³-hybridized carbons (Fsp3) is 0.357. The van der Waals surface area contributed by atoms with Crippen molar-refractivity contribution in [3.05, 3.63) is 35.3 Å². The predicted molar refractivity (Wildman–Crippen MR) is 86.6 cm³/mol. The third kappa shape index (κ3) is 3.26. The van der Waals surface area contributed by atoms with E-state index in [4.69, 9.17) is 0 Å². The van der Waals surface area contributed by atoms with Crippen LogP contribution in [-0.2, 0) is 14.8 Å². The van der Waals surface area contributed by atoms with Crippen LogP contribution in [0.1, 0.15) is 18.4 Å². The van der Waals surface area contributed by atoms with Crippen LogP contribution in [0.5, 0.6) is 0 Å². The summed E-state index contributed by atoms with van der Waals surface area (Å²) in [5.74, 6) is -0.366. The van der Waals surface area contributed by atoms with Gasteiger partial charge in [0.2, 0.25) is 21.1 Å². The topological polar surface area (TPSA) is 92.3 Å². The van der Waals surface area contributed by atoms with E-state index in [1.54, 1.807) is 24.3 Å². The lowest BCUT2D eigenvalue weighted by Gasteiger charge is -2.23. The fourth-order valence-electron chi connectivity index (χ4n) is 2.55. The maximum absolute atomic E-state index is 12.8. The van der Waals surface area contributed by atoms with E-state index < -0.39 is 16.1 Å². The number of benzene rings is 1. The minimum absolute atomic E-state index is 0.207. The fourth-order valence-corrected chi connectivity index (χ4v) is 4.66. The largest absolute Gasteiger partial charge is 0.299 e. The molecule has 0 saturated carbocycles. The zero-order valence-electron chi connectivity index (χ0n) is 12.5. The van der Waals surface area contributed by atoms with Gasteiger partial charge < -0.3 is 0 Å². The number of amides is 1. The summed E-state index contributed by atoms with van der Waals surface area (Å²) >= 11 is 1.19. The van der Waals surface area contributed by atoms with Gasteiger partial charge in [0.05, 0.1) is 4.90 Å². The molecule has 0 unspecified atom stereocenters. The van der Waals surface area contributed by atoms with Gasteiger partial charge in [-0.25, -0.2) is 8.42 Å². The van der Waals surface area contributed by atoms with Crippen molar-refractivity contribution in [3.63, 3.8) is 0 Å². The second-order valence-corrected chi connectivity index (χ2v) is 8.04. The van der Waals surface area contributed by atoms with Crippen molar-refractivity contribution >= 4 is 32.4 Å². The maximum Gasteiger partial charge on any atom is 0.244 e. The number of carbonyl (C=O) groups excluding carboxylic acids is 1. The van der Waals surface area contributed by atoms with E-state index in [-0.39, 0.29) is 10.8 Å². The molecule has 0 bridgehead atoms. The van der Waals surface area contributed by atoms with E-state index in [2.05, 4.69) is 15.5 Å². The molecule has 2 heterocycles. The third-order valence-corrected chi connectivity index (χ3v) is 6.25. The Morgan fingerprint density at radius 1 is 1.35 bits per heavy atom. The molecule has 1 N–H and O–H groups in total. The highest BCUT2D eigenvalue weighted by atomic mass is 32.2. The van der Waals surface area contributed by atoms with Crippen LogP contribution in [0.4, 0.5) is 5.13 Å². The summed E-state index contributed by atoms with van der Waals surface area (Å²) in [7, 11) is -3.69. The number of rotatable bonds is 4. The lowest BCUT2D eigenvalue weighted by atomic mass is 10.2. The van der Waals surface area contributed by atoms with Gasteiger partial charge in [-0.3, -0.25) is 10.1 Å². The SMILES string of the molecule is Cc1ccc(S(=O)(=O)N2CCC[C@H]2C(=O)Nc2nncs2)cc1. The lowest BCUT2D eigenvalue weighted by Crippen LogP contribution is -2.43. The number of sulfonamides is 1. The van der Waals surface area contributed by atoms with Gasteiger partial charge in [0.25, 0.3) is 0 Å². The van der Waals surface area contributed by atoms with Crippen LogP contribution in [0.15, 0.2) is 34.7 Å². The smallest absolute Gasteiger partial charge is 0.244 e. The molecule has 1 saturated heterocycles. The van der Waals surface area contributed by atoms with Crippen LogP contribution in [0, 0.1) is 6.92 Å². The second kappa shape index (κ2) is 6.34. The zero-order chi connectivity index (χ0) is 16.4. The Morgan fingerprint density at radius 2 is 2.09 bits per heavy atom. The average molecular weight is 352 g/mol. The number of anilines is 1. The molecular weight excluding hydrogens is 336 g/mol. The van der Waals surface area contributed by atoms with Crippen molar-refractivity contribution < 1.29 is 13.2 Å². The lowest BCUT2D eigenvalue weighted by molar-refractivity contribution is -0.119. The van der Waals surface area contributed by atoms with Crippen molar-refractivity contribution in [2.24, 2.45) is 0 Å². The molecule has 1 aromatic carbocycles. The molecule has 1 aliphatic rings. The summed E-state index contributed by atoms with van der Waals surface area (Å²) in [6, 6.07) is 5.93. The molecule has 7 nitrogen and oxygen atoms in total. The van der Waals surface area contributed by atoms with Crippen molar-refractivity contribution in [1.82, 2.24) is 14.5 Å². The van der Waals surface area contributed by atoms with E-state index in [1.165, 1.54) is 21.2 Å². The summed E-state index contributed by atoms with van der Waals surface area (Å²) in [4.78, 5) is 12.6. The number of nitrogens with zero attached hydrogens (tertiary/aromatic N) is 3. The first-order valence-corrected chi connectivity index (χ1v) is 9.46. The number of hydrogen-bond acceptors (Lipinski definition) is 6. The first-order valence-electron chi connectivity index (χ1n) is 7.14. The first-order chi connectivity index (χ1) is 11.0. The van der Waals surface area contributed by atoms with Crippen LogP contribution in [0.3, 0.4) is 0 Å². The Balaban J connectivity index is 1.83. The number of hydrogen-bond donors (Lipinski definition) is 1. The maximum atomic E-state index is 12.8. The molecule has 122 valence electrons. The van der Waals surface area contributed by atoms with Gasteiger partial charge >= 0.3 is 0 Å². The second-order valence-electron chi connectivity index (χ2n) is 5.32. The molecular formula is C14H16N4O3S2. The Bertz CT molecular complexity index is 788. The van der Waals surface area contributed by atoms with E-state index in [0.717, 1.165) is 5.56 Å². The molecule has 0 aliphatic carbocycles. The average Bonchev–Trinajstić information content (AvgIpc) is 3.19. The molecule has 23 heavy (non-hydrogen) atoms. The summed E-state index contributed by atoms with van der Waals surface area (Å²) in [5.41, 5.74) is 2.49. The standard InChI is InChI=1S/C14H16N4O3S2/c1-10-4-6-11(7-5-10)23(20,21)18-8-2-3-12(18)13(19)16-14-17-15-9-22-14/h4-7,9,12H,2-3,8H2,1H3,(H,16,17,19)/t12-/m0/s1. The summed E-state index contributed by atoms with van der Waals surface area (Å²) in [5, 5.41) is 10.4. The van der Waals surface area contributed by atoms with Crippen molar-refractivity contribution in [3.8, 4) is 0 Å². The van der Waals surface area contributed by atoms with Gasteiger partial charge in [-0.05, 0) is 31.9 Å². The quantitative estimate of drug-likeness (QED) is 0.903. The minimum Gasteiger partial charge on any atom is -0.299 e. The normalized spacial score (nSPS) is 18.9. The zero-order valence-corrected chi connectivity index (χ0v) is 14.1. The molecule has 0 spiro atoms. The van der Waals surface area contributed by atoms with Gasteiger partial charge in [-0.2, -0.15) is 4.31 Å². The van der Waals surface area contributed by atoms with E-state index in [0.29, 0.717) is 24.5 Å². The molecule has 9 heteroatoms. The van der Waals surface area contributed by atoms with Crippen LogP contribution >= 0.6 is 11.3 Å². The first kappa shape index (κ1) is 16.0. The van der Waals surface area contributed by atoms with Crippen LogP contribution in [-0.4, -0.2) is 41.4 Å². The van der Waals surface area contributed by atoms with Crippen LogP contribution in [0.25, 0.3) is 0 Å². The van der Waals surface area contributed by atoms with Gasteiger partial charge in [0.1, 0.15) is 11.6 Å². The van der Waals surface area contributed by atoms with Gasteiger partial charge in [0, 0.05) is 6.54 Å². The number of nitrogens with one attached hydrogen (secondary N) is 1. The summed E-state index contributed by atoms with van der Waals surface area (Å²) < 4.78 is 26.8.